The maximum Gasteiger partial charge on any atom is 0.221 e. The van der Waals surface area contributed by atoms with Crippen molar-refractivity contribution in [2.75, 3.05) is 25.9 Å². The standard InChI is InChI=1S/C11H22N2OS/c1-11(2,15-3)5-7-13-6-4-9(8-13)10(12)14/h9H,4-8H2,1-3H3,(H2,12,14). The average Bonchev–Trinajstić information content (AvgIpc) is 2.63. The number of likely N-dealkylation sites (tertiary alicyclic amines) is 1. The summed E-state index contributed by atoms with van der Waals surface area (Å²) in [6, 6.07) is 0. The molecule has 1 aliphatic heterocycles. The molecule has 1 saturated heterocycles. The van der Waals surface area contributed by atoms with Gasteiger partial charge >= 0.3 is 0 Å². The lowest BCUT2D eigenvalue weighted by molar-refractivity contribution is -0.121. The van der Waals surface area contributed by atoms with Gasteiger partial charge in [0.1, 0.15) is 0 Å². The van der Waals surface area contributed by atoms with E-state index in [1.807, 2.05) is 11.8 Å². The van der Waals surface area contributed by atoms with Crippen LogP contribution in [-0.2, 0) is 4.79 Å². The van der Waals surface area contributed by atoms with Crippen molar-refractivity contribution in [3.63, 3.8) is 0 Å². The number of amides is 1. The van der Waals surface area contributed by atoms with Gasteiger partial charge in [0.05, 0.1) is 5.92 Å². The van der Waals surface area contributed by atoms with Gasteiger partial charge in [-0.1, -0.05) is 13.8 Å². The minimum atomic E-state index is -0.137. The molecule has 1 unspecified atom stereocenters. The van der Waals surface area contributed by atoms with Crippen molar-refractivity contribution in [1.29, 1.82) is 0 Å². The first-order valence-corrected chi connectivity index (χ1v) is 6.74. The number of nitrogens with zero attached hydrogens (tertiary/aromatic N) is 1. The van der Waals surface area contributed by atoms with Crippen LogP contribution in [0.2, 0.25) is 0 Å². The molecule has 15 heavy (non-hydrogen) atoms. The molecule has 0 bridgehead atoms. The van der Waals surface area contributed by atoms with Crippen LogP contribution in [-0.4, -0.2) is 41.4 Å². The summed E-state index contributed by atoms with van der Waals surface area (Å²) in [6.45, 7) is 7.49. The van der Waals surface area contributed by atoms with Crippen LogP contribution in [0.3, 0.4) is 0 Å². The van der Waals surface area contributed by atoms with E-state index in [-0.39, 0.29) is 11.8 Å². The Morgan fingerprint density at radius 3 is 2.73 bits per heavy atom. The molecule has 0 aromatic rings. The Labute approximate surface area is 96.8 Å². The van der Waals surface area contributed by atoms with Gasteiger partial charge in [-0.05, 0) is 32.2 Å². The smallest absolute Gasteiger partial charge is 0.221 e. The molecular formula is C11H22N2OS. The first-order valence-electron chi connectivity index (χ1n) is 5.51. The van der Waals surface area contributed by atoms with Crippen LogP contribution in [0.5, 0.6) is 0 Å². The summed E-state index contributed by atoms with van der Waals surface area (Å²) in [6.07, 6.45) is 4.25. The van der Waals surface area contributed by atoms with Crippen LogP contribution in [0.4, 0.5) is 0 Å². The normalized spacial score (nSPS) is 23.3. The molecular weight excluding hydrogens is 208 g/mol. The van der Waals surface area contributed by atoms with Crippen LogP contribution in [0, 0.1) is 5.92 Å². The van der Waals surface area contributed by atoms with Crippen molar-refractivity contribution in [1.82, 2.24) is 4.90 Å². The lowest BCUT2D eigenvalue weighted by Gasteiger charge is -2.25. The largest absolute Gasteiger partial charge is 0.369 e. The second kappa shape index (κ2) is 5.21. The maximum atomic E-state index is 11.0. The number of thioether (sulfide) groups is 1. The van der Waals surface area contributed by atoms with Crippen molar-refractivity contribution < 1.29 is 4.79 Å². The van der Waals surface area contributed by atoms with E-state index in [0.717, 1.165) is 26.1 Å². The Morgan fingerprint density at radius 2 is 2.27 bits per heavy atom. The van der Waals surface area contributed by atoms with Gasteiger partial charge in [0, 0.05) is 11.3 Å². The Balaban J connectivity index is 2.28. The Bertz CT molecular complexity index is 231. The fraction of sp³-hybridized carbons (Fsp3) is 0.909. The van der Waals surface area contributed by atoms with E-state index in [9.17, 15) is 4.79 Å². The molecule has 1 heterocycles. The van der Waals surface area contributed by atoms with Crippen LogP contribution < -0.4 is 5.73 Å². The van der Waals surface area contributed by atoms with Crippen LogP contribution >= 0.6 is 11.8 Å². The van der Waals surface area contributed by atoms with E-state index in [1.165, 1.54) is 6.42 Å². The zero-order valence-corrected chi connectivity index (χ0v) is 10.8. The van der Waals surface area contributed by atoms with Gasteiger partial charge in [-0.25, -0.2) is 0 Å². The minimum absolute atomic E-state index is 0.0855. The summed E-state index contributed by atoms with van der Waals surface area (Å²) < 4.78 is 0.338. The van der Waals surface area contributed by atoms with Crippen molar-refractivity contribution in [2.45, 2.75) is 31.4 Å². The number of hydrogen-bond acceptors (Lipinski definition) is 3. The second-order valence-electron chi connectivity index (χ2n) is 4.90. The first kappa shape index (κ1) is 12.8. The molecule has 4 heteroatoms. The predicted octanol–water partition coefficient (Wildman–Crippen LogP) is 1.33. The van der Waals surface area contributed by atoms with E-state index in [2.05, 4.69) is 25.0 Å². The van der Waals surface area contributed by atoms with Crippen molar-refractivity contribution in [2.24, 2.45) is 11.7 Å². The molecule has 0 saturated carbocycles. The maximum absolute atomic E-state index is 11.0. The molecule has 0 spiro atoms. The number of hydrogen-bond donors (Lipinski definition) is 1. The third-order valence-electron chi connectivity index (χ3n) is 3.26. The second-order valence-corrected chi connectivity index (χ2v) is 6.42. The number of nitrogens with two attached hydrogens (primary N) is 1. The third kappa shape index (κ3) is 4.03. The molecule has 1 rings (SSSR count). The highest BCUT2D eigenvalue weighted by Crippen LogP contribution is 2.26. The van der Waals surface area contributed by atoms with Crippen LogP contribution in [0.25, 0.3) is 0 Å². The van der Waals surface area contributed by atoms with E-state index < -0.39 is 0 Å². The molecule has 1 atom stereocenters. The fourth-order valence-electron chi connectivity index (χ4n) is 1.80. The van der Waals surface area contributed by atoms with E-state index in [0.29, 0.717) is 4.75 Å². The molecule has 0 aliphatic carbocycles. The number of carbonyl (C=O) groups excluding carboxylic acids is 1. The highest BCUT2D eigenvalue weighted by molar-refractivity contribution is 7.99. The van der Waals surface area contributed by atoms with Gasteiger partial charge in [0.2, 0.25) is 5.91 Å². The molecule has 0 aromatic carbocycles. The van der Waals surface area contributed by atoms with Crippen molar-refractivity contribution >= 4 is 17.7 Å². The molecule has 0 aromatic heterocycles. The number of carbonyl (C=O) groups is 1. The topological polar surface area (TPSA) is 46.3 Å². The molecule has 88 valence electrons. The molecule has 1 fully saturated rings. The highest BCUT2D eigenvalue weighted by atomic mass is 32.2. The molecule has 3 nitrogen and oxygen atoms in total. The van der Waals surface area contributed by atoms with E-state index >= 15 is 0 Å². The van der Waals surface area contributed by atoms with Gasteiger partial charge in [0.25, 0.3) is 0 Å². The van der Waals surface area contributed by atoms with Crippen LogP contribution in [0.1, 0.15) is 26.7 Å². The Kier molecular flexibility index (Phi) is 4.46. The summed E-state index contributed by atoms with van der Waals surface area (Å²) in [5.74, 6) is -0.0518. The van der Waals surface area contributed by atoms with Gasteiger partial charge < -0.3 is 10.6 Å². The summed E-state index contributed by atoms with van der Waals surface area (Å²) in [7, 11) is 0. The Hall–Kier alpha value is -0.220. The first-order chi connectivity index (χ1) is 6.94. The van der Waals surface area contributed by atoms with E-state index in [4.69, 9.17) is 5.73 Å². The zero-order chi connectivity index (χ0) is 11.5. The average molecular weight is 230 g/mol. The zero-order valence-electron chi connectivity index (χ0n) is 9.95. The Morgan fingerprint density at radius 1 is 1.60 bits per heavy atom. The molecule has 0 radical (unpaired) electrons. The van der Waals surface area contributed by atoms with E-state index in [1.54, 1.807) is 0 Å². The summed E-state index contributed by atoms with van der Waals surface area (Å²) in [5, 5.41) is 0. The quantitative estimate of drug-likeness (QED) is 0.775. The van der Waals surface area contributed by atoms with Gasteiger partial charge in [-0.3, -0.25) is 4.79 Å². The van der Waals surface area contributed by atoms with Crippen molar-refractivity contribution in [3.8, 4) is 0 Å². The third-order valence-corrected chi connectivity index (χ3v) is 4.57. The lowest BCUT2D eigenvalue weighted by atomic mass is 10.1. The summed E-state index contributed by atoms with van der Waals surface area (Å²) >= 11 is 1.90. The predicted molar refractivity (Wildman–Crippen MR) is 66.0 cm³/mol. The van der Waals surface area contributed by atoms with Gasteiger partial charge in [-0.2, -0.15) is 11.8 Å². The SMILES string of the molecule is CSC(C)(C)CCN1CCC(C(N)=O)C1. The van der Waals surface area contributed by atoms with Crippen LogP contribution in [0.15, 0.2) is 0 Å². The lowest BCUT2D eigenvalue weighted by Crippen LogP contribution is -2.30. The number of primary amides is 1. The van der Waals surface area contributed by atoms with Gasteiger partial charge in [0.15, 0.2) is 0 Å². The molecule has 1 amide bonds. The summed E-state index contributed by atoms with van der Waals surface area (Å²) in [4.78, 5) is 13.4. The highest BCUT2D eigenvalue weighted by Gasteiger charge is 2.27. The summed E-state index contributed by atoms with van der Waals surface area (Å²) in [5.41, 5.74) is 5.30. The number of rotatable bonds is 5. The molecule has 2 N–H and O–H groups in total. The monoisotopic (exact) mass is 230 g/mol. The van der Waals surface area contributed by atoms with Gasteiger partial charge in [-0.15, -0.1) is 0 Å². The fourth-order valence-corrected chi connectivity index (χ4v) is 2.09. The minimum Gasteiger partial charge on any atom is -0.369 e. The van der Waals surface area contributed by atoms with Crippen molar-refractivity contribution in [3.05, 3.63) is 0 Å². The molecule has 1 aliphatic rings.